The maximum atomic E-state index is 12.6. The van der Waals surface area contributed by atoms with E-state index in [2.05, 4.69) is 20.7 Å². The average Bonchev–Trinajstić information content (AvgIpc) is 2.57. The molecule has 7 nitrogen and oxygen atoms in total. The van der Waals surface area contributed by atoms with E-state index >= 15 is 0 Å². The number of halogens is 1. The Morgan fingerprint density at radius 3 is 2.50 bits per heavy atom. The largest absolute Gasteiger partial charge is 0.478 e. The molecule has 0 aliphatic heterocycles. The molecule has 134 valence electrons. The quantitative estimate of drug-likeness (QED) is 0.653. The van der Waals surface area contributed by atoms with E-state index in [1.54, 1.807) is 31.3 Å². The van der Waals surface area contributed by atoms with Crippen LogP contribution in [0.2, 0.25) is 0 Å². The first-order valence-corrected chi connectivity index (χ1v) is 9.61. The van der Waals surface area contributed by atoms with E-state index in [0.29, 0.717) is 9.99 Å². The minimum atomic E-state index is -4.01. The molecule has 0 bridgehead atoms. The number of nitrogens with zero attached hydrogens (tertiary/aromatic N) is 1. The Balaban J connectivity index is 2.05. The van der Waals surface area contributed by atoms with Crippen LogP contribution in [0.25, 0.3) is 10.9 Å². The number of carboxylic acid groups (broad SMARTS) is 1. The zero-order valence-electron chi connectivity index (χ0n) is 13.4. The third kappa shape index (κ3) is 3.49. The predicted octanol–water partition coefficient (Wildman–Crippen LogP) is 2.80. The van der Waals surface area contributed by atoms with E-state index in [-0.39, 0.29) is 21.7 Å². The summed E-state index contributed by atoms with van der Waals surface area (Å²) >= 11 is 3.12. The van der Waals surface area contributed by atoms with Crippen molar-refractivity contribution in [3.05, 3.63) is 68.9 Å². The Kier molecular flexibility index (Phi) is 4.59. The summed E-state index contributed by atoms with van der Waals surface area (Å²) in [5.74, 6) is -1.23. The van der Waals surface area contributed by atoms with E-state index in [9.17, 15) is 18.0 Å². The molecule has 1 aromatic heterocycles. The number of aromatic carboxylic acids is 1. The minimum Gasteiger partial charge on any atom is -0.478 e. The van der Waals surface area contributed by atoms with Crippen molar-refractivity contribution in [3.8, 4) is 0 Å². The summed E-state index contributed by atoms with van der Waals surface area (Å²) < 4.78 is 29.4. The van der Waals surface area contributed by atoms with Gasteiger partial charge in [0.25, 0.3) is 15.6 Å². The van der Waals surface area contributed by atoms with Gasteiger partial charge in [0.05, 0.1) is 21.7 Å². The Morgan fingerprint density at radius 2 is 1.81 bits per heavy atom. The normalized spacial score (nSPS) is 11.5. The summed E-state index contributed by atoms with van der Waals surface area (Å²) in [6, 6.07) is 11.6. The van der Waals surface area contributed by atoms with Gasteiger partial charge in [-0.1, -0.05) is 22.0 Å². The molecule has 9 heteroatoms. The first kappa shape index (κ1) is 18.2. The Labute approximate surface area is 157 Å². The van der Waals surface area contributed by atoms with Crippen molar-refractivity contribution in [2.75, 3.05) is 4.72 Å². The first-order chi connectivity index (χ1) is 12.2. The highest BCUT2D eigenvalue weighted by Crippen LogP contribution is 2.24. The number of aryl methyl sites for hydroxylation is 1. The zero-order valence-corrected chi connectivity index (χ0v) is 15.8. The molecule has 0 unspecified atom stereocenters. The standard InChI is InChI=1S/C17H13BrN2O5S/c1-20-15-9-13(4-2-10(15)3-5-16(20)21)19-26(24,25)14-7-11(17(22)23)6-12(18)8-14/h2-9,19H,1H3,(H,22,23). The molecule has 3 rings (SSSR count). The van der Waals surface area contributed by atoms with Crippen LogP contribution in [0.5, 0.6) is 0 Å². The number of rotatable bonds is 4. The maximum absolute atomic E-state index is 12.6. The molecule has 0 saturated carbocycles. The number of pyridine rings is 1. The van der Waals surface area contributed by atoms with Crippen molar-refractivity contribution in [3.63, 3.8) is 0 Å². The SMILES string of the molecule is Cn1c(=O)ccc2ccc(NS(=O)(=O)c3cc(Br)cc(C(=O)O)c3)cc21. The van der Waals surface area contributed by atoms with Crippen LogP contribution in [-0.2, 0) is 17.1 Å². The highest BCUT2D eigenvalue weighted by molar-refractivity contribution is 9.10. The summed E-state index contributed by atoms with van der Waals surface area (Å²) in [5.41, 5.74) is 0.463. The number of sulfonamides is 1. The zero-order chi connectivity index (χ0) is 19.1. The fourth-order valence-electron chi connectivity index (χ4n) is 2.49. The molecule has 0 amide bonds. The van der Waals surface area contributed by atoms with Crippen molar-refractivity contribution in [1.29, 1.82) is 0 Å². The van der Waals surface area contributed by atoms with Crippen LogP contribution in [-0.4, -0.2) is 24.1 Å². The molecule has 26 heavy (non-hydrogen) atoms. The number of hydrogen-bond acceptors (Lipinski definition) is 4. The second-order valence-corrected chi connectivity index (χ2v) is 8.19. The molecule has 0 atom stereocenters. The third-order valence-corrected chi connectivity index (χ3v) is 5.63. The number of aromatic nitrogens is 1. The minimum absolute atomic E-state index is 0.152. The van der Waals surface area contributed by atoms with Gasteiger partial charge in [0.1, 0.15) is 0 Å². The molecule has 0 aliphatic carbocycles. The second-order valence-electron chi connectivity index (χ2n) is 5.59. The van der Waals surface area contributed by atoms with Crippen molar-refractivity contribution in [2.24, 2.45) is 7.05 Å². The van der Waals surface area contributed by atoms with Crippen LogP contribution in [0.3, 0.4) is 0 Å². The molecule has 0 aliphatic rings. The van der Waals surface area contributed by atoms with Gasteiger partial charge < -0.3 is 9.67 Å². The molecule has 0 spiro atoms. The van der Waals surface area contributed by atoms with E-state index in [1.807, 2.05) is 0 Å². The third-order valence-electron chi connectivity index (χ3n) is 3.81. The first-order valence-electron chi connectivity index (χ1n) is 7.34. The number of anilines is 1. The molecular weight excluding hydrogens is 424 g/mol. The lowest BCUT2D eigenvalue weighted by Gasteiger charge is -2.11. The summed E-state index contributed by atoms with van der Waals surface area (Å²) in [4.78, 5) is 22.7. The molecule has 1 heterocycles. The number of benzene rings is 2. The van der Waals surface area contributed by atoms with Crippen molar-refractivity contribution >= 4 is 48.5 Å². The van der Waals surface area contributed by atoms with Gasteiger partial charge >= 0.3 is 5.97 Å². The van der Waals surface area contributed by atoms with E-state index < -0.39 is 16.0 Å². The van der Waals surface area contributed by atoms with Crippen LogP contribution in [0.4, 0.5) is 5.69 Å². The number of carbonyl (C=O) groups is 1. The molecule has 2 N–H and O–H groups in total. The van der Waals surface area contributed by atoms with Gasteiger partial charge in [0.2, 0.25) is 0 Å². The van der Waals surface area contributed by atoms with Gasteiger partial charge in [-0.2, -0.15) is 0 Å². The lowest BCUT2D eigenvalue weighted by molar-refractivity contribution is 0.0696. The van der Waals surface area contributed by atoms with Crippen molar-refractivity contribution in [1.82, 2.24) is 4.57 Å². The summed E-state index contributed by atoms with van der Waals surface area (Å²) in [7, 11) is -2.42. The monoisotopic (exact) mass is 436 g/mol. The second kappa shape index (κ2) is 6.58. The predicted molar refractivity (Wildman–Crippen MR) is 101 cm³/mol. The molecule has 3 aromatic rings. The lowest BCUT2D eigenvalue weighted by atomic mass is 10.2. The van der Waals surface area contributed by atoms with Gasteiger partial charge in [0.15, 0.2) is 0 Å². The number of nitrogens with one attached hydrogen (secondary N) is 1. The maximum Gasteiger partial charge on any atom is 0.335 e. The number of fused-ring (bicyclic) bond motifs is 1. The van der Waals surface area contributed by atoms with Crippen molar-refractivity contribution in [2.45, 2.75) is 4.90 Å². The fraction of sp³-hybridized carbons (Fsp3) is 0.0588. The van der Waals surface area contributed by atoms with E-state index in [0.717, 1.165) is 11.5 Å². The van der Waals surface area contributed by atoms with Gasteiger partial charge in [-0.15, -0.1) is 0 Å². The Morgan fingerprint density at radius 1 is 1.12 bits per heavy atom. The topological polar surface area (TPSA) is 105 Å². The van der Waals surface area contributed by atoms with Crippen LogP contribution >= 0.6 is 15.9 Å². The lowest BCUT2D eigenvalue weighted by Crippen LogP contribution is -2.16. The molecule has 2 aromatic carbocycles. The van der Waals surface area contributed by atoms with Crippen LogP contribution < -0.4 is 10.3 Å². The van der Waals surface area contributed by atoms with E-state index in [1.165, 1.54) is 22.8 Å². The number of carboxylic acids is 1. The fourth-order valence-corrected chi connectivity index (χ4v) is 4.25. The molecule has 0 radical (unpaired) electrons. The van der Waals surface area contributed by atoms with Gasteiger partial charge in [0, 0.05) is 17.6 Å². The highest BCUT2D eigenvalue weighted by atomic mass is 79.9. The van der Waals surface area contributed by atoms with Gasteiger partial charge in [-0.05, 0) is 41.8 Å². The molecule has 0 saturated heterocycles. The number of hydrogen-bond donors (Lipinski definition) is 2. The average molecular weight is 437 g/mol. The molecular formula is C17H13BrN2O5S. The van der Waals surface area contributed by atoms with Crippen LogP contribution in [0.15, 0.2) is 62.7 Å². The van der Waals surface area contributed by atoms with Gasteiger partial charge in [-0.25, -0.2) is 13.2 Å². The van der Waals surface area contributed by atoms with E-state index in [4.69, 9.17) is 5.11 Å². The van der Waals surface area contributed by atoms with Crippen LogP contribution in [0.1, 0.15) is 10.4 Å². The summed E-state index contributed by atoms with van der Waals surface area (Å²) in [6.07, 6.45) is 0. The summed E-state index contributed by atoms with van der Waals surface area (Å²) in [5, 5.41) is 9.88. The van der Waals surface area contributed by atoms with Crippen LogP contribution in [0, 0.1) is 0 Å². The van der Waals surface area contributed by atoms with Crippen molar-refractivity contribution < 1.29 is 18.3 Å². The Bertz CT molecular complexity index is 1200. The highest BCUT2D eigenvalue weighted by Gasteiger charge is 2.18. The summed E-state index contributed by atoms with van der Waals surface area (Å²) in [6.45, 7) is 0. The smallest absolute Gasteiger partial charge is 0.335 e. The Hall–Kier alpha value is -2.65. The van der Waals surface area contributed by atoms with Gasteiger partial charge in [-0.3, -0.25) is 9.52 Å². The molecule has 0 fully saturated rings.